The van der Waals surface area contributed by atoms with Crippen molar-refractivity contribution < 1.29 is 9.59 Å². The second-order valence-corrected chi connectivity index (χ2v) is 14.5. The molecule has 0 aliphatic rings. The maximum atomic E-state index is 12.0. The molecule has 0 aromatic rings. The predicted octanol–water partition coefficient (Wildman–Crippen LogP) is 13.3. The summed E-state index contributed by atoms with van der Waals surface area (Å²) in [6, 6.07) is 0. The third kappa shape index (κ3) is 39.1. The van der Waals surface area contributed by atoms with E-state index in [0.29, 0.717) is 0 Å². The number of hydrogen-bond acceptors (Lipinski definition) is 2. The van der Waals surface area contributed by atoms with Crippen LogP contribution in [0.4, 0.5) is 0 Å². The lowest BCUT2D eigenvalue weighted by Gasteiger charge is -2.06. The van der Waals surface area contributed by atoms with E-state index < -0.39 is 0 Å². The molecule has 0 aromatic heterocycles. The Morgan fingerprint density at radius 3 is 0.717 bits per heavy atom. The Kier molecular flexibility index (Phi) is 39.2. The number of unbranched alkanes of at least 4 members (excludes halogenated alkanes) is 31. The van der Waals surface area contributed by atoms with E-state index in [2.05, 4.69) is 24.5 Å². The summed E-state index contributed by atoms with van der Waals surface area (Å²) < 4.78 is 0. The van der Waals surface area contributed by atoms with Crippen molar-refractivity contribution in [2.24, 2.45) is 0 Å². The first-order chi connectivity index (χ1) is 22.7. The molecule has 4 heteroatoms. The van der Waals surface area contributed by atoms with Crippen molar-refractivity contribution in [3.63, 3.8) is 0 Å². The number of carbonyl (C=O) groups is 2. The molecule has 0 saturated carbocycles. The Bertz CT molecular complexity index is 556. The van der Waals surface area contributed by atoms with Crippen LogP contribution >= 0.6 is 0 Å². The minimum atomic E-state index is 0.263. The van der Waals surface area contributed by atoms with Crippen LogP contribution in [0, 0.1) is 0 Å². The van der Waals surface area contributed by atoms with E-state index in [4.69, 9.17) is 0 Å². The number of amides is 2. The van der Waals surface area contributed by atoms with E-state index in [1.165, 1.54) is 193 Å². The fraction of sp³-hybridized carbons (Fsp3) is 0.952. The van der Waals surface area contributed by atoms with Gasteiger partial charge in [0, 0.05) is 25.9 Å². The third-order valence-electron chi connectivity index (χ3n) is 9.76. The van der Waals surface area contributed by atoms with E-state index >= 15 is 0 Å². The van der Waals surface area contributed by atoms with Crippen LogP contribution in [0.5, 0.6) is 0 Å². The molecule has 2 amide bonds. The van der Waals surface area contributed by atoms with Crippen LogP contribution in [0.2, 0.25) is 0 Å². The van der Waals surface area contributed by atoms with E-state index in [-0.39, 0.29) is 11.8 Å². The molecule has 0 fully saturated rings. The molecule has 0 saturated heterocycles. The fourth-order valence-corrected chi connectivity index (χ4v) is 6.55. The molecular weight excluding hydrogens is 564 g/mol. The minimum absolute atomic E-state index is 0.263. The van der Waals surface area contributed by atoms with Gasteiger partial charge in [0.05, 0.1) is 0 Å². The van der Waals surface area contributed by atoms with Gasteiger partial charge >= 0.3 is 0 Å². The summed E-state index contributed by atoms with van der Waals surface area (Å²) in [4.78, 5) is 24.0. The molecule has 274 valence electrons. The number of hydrogen-bond donors (Lipinski definition) is 2. The Morgan fingerprint density at radius 1 is 0.283 bits per heavy atom. The maximum Gasteiger partial charge on any atom is 0.219 e. The summed E-state index contributed by atoms with van der Waals surface area (Å²) in [5, 5.41) is 6.26. The highest BCUT2D eigenvalue weighted by Crippen LogP contribution is 2.15. The average molecular weight is 649 g/mol. The summed E-state index contributed by atoms with van der Waals surface area (Å²) >= 11 is 0. The molecule has 0 unspecified atom stereocenters. The molecule has 0 rings (SSSR count). The molecule has 0 radical (unpaired) electrons. The van der Waals surface area contributed by atoms with Gasteiger partial charge in [-0.15, -0.1) is 0 Å². The summed E-state index contributed by atoms with van der Waals surface area (Å²) in [7, 11) is 0. The van der Waals surface area contributed by atoms with Crippen LogP contribution in [0.1, 0.15) is 245 Å². The SMILES string of the molecule is CCCCCCCCCCCC(=O)NCCCCCCCCCCCCCCCCCCNC(=O)CCCCCCCCCCC. The average Bonchev–Trinajstić information content (AvgIpc) is 3.05. The first-order valence-corrected chi connectivity index (χ1v) is 21.2. The Labute approximate surface area is 289 Å². The first kappa shape index (κ1) is 44.9. The van der Waals surface area contributed by atoms with E-state index in [9.17, 15) is 9.59 Å². The quantitative estimate of drug-likeness (QED) is 0.0652. The summed E-state index contributed by atoms with van der Waals surface area (Å²) in [5.41, 5.74) is 0. The molecule has 4 nitrogen and oxygen atoms in total. The lowest BCUT2D eigenvalue weighted by atomic mass is 10.0. The third-order valence-corrected chi connectivity index (χ3v) is 9.76. The van der Waals surface area contributed by atoms with Gasteiger partial charge in [0.25, 0.3) is 0 Å². The minimum Gasteiger partial charge on any atom is -0.356 e. The van der Waals surface area contributed by atoms with Gasteiger partial charge in [0.1, 0.15) is 0 Å². The second kappa shape index (κ2) is 40.1. The van der Waals surface area contributed by atoms with Gasteiger partial charge in [-0.25, -0.2) is 0 Å². The molecule has 0 aliphatic carbocycles. The lowest BCUT2D eigenvalue weighted by molar-refractivity contribution is -0.122. The number of rotatable bonds is 39. The molecule has 0 bridgehead atoms. The fourth-order valence-electron chi connectivity index (χ4n) is 6.55. The Hall–Kier alpha value is -1.06. The van der Waals surface area contributed by atoms with Crippen molar-refractivity contribution in [2.75, 3.05) is 13.1 Å². The summed E-state index contributed by atoms with van der Waals surface area (Å²) in [6.07, 6.45) is 46.3. The first-order valence-electron chi connectivity index (χ1n) is 21.2. The van der Waals surface area contributed by atoms with Crippen LogP contribution in [-0.2, 0) is 9.59 Å². The number of nitrogens with one attached hydrogen (secondary N) is 2. The maximum absolute atomic E-state index is 12.0. The molecule has 2 N–H and O–H groups in total. The topological polar surface area (TPSA) is 58.2 Å². The lowest BCUT2D eigenvalue weighted by Crippen LogP contribution is -2.23. The van der Waals surface area contributed by atoms with Gasteiger partial charge in [0.2, 0.25) is 11.8 Å². The summed E-state index contributed by atoms with van der Waals surface area (Å²) in [6.45, 7) is 6.28. The Balaban J connectivity index is 3.18. The molecule has 0 aliphatic heterocycles. The van der Waals surface area contributed by atoms with Gasteiger partial charge in [-0.05, 0) is 25.7 Å². The van der Waals surface area contributed by atoms with Crippen LogP contribution in [-0.4, -0.2) is 24.9 Å². The van der Waals surface area contributed by atoms with Crippen molar-refractivity contribution in [3.8, 4) is 0 Å². The van der Waals surface area contributed by atoms with Crippen molar-refractivity contribution in [1.29, 1.82) is 0 Å². The van der Waals surface area contributed by atoms with Crippen LogP contribution in [0.15, 0.2) is 0 Å². The van der Waals surface area contributed by atoms with Crippen LogP contribution in [0.25, 0.3) is 0 Å². The van der Waals surface area contributed by atoms with E-state index in [0.717, 1.165) is 51.6 Å². The highest BCUT2D eigenvalue weighted by molar-refractivity contribution is 5.76. The zero-order chi connectivity index (χ0) is 33.4. The molecule has 46 heavy (non-hydrogen) atoms. The standard InChI is InChI=1S/C42H84N2O2/c1-3-5-7-9-11-21-25-29-33-37-41(45)43-39-35-31-27-23-19-17-15-13-14-16-18-20-24-28-32-36-40-44-42(46)38-34-30-26-22-12-10-8-6-4-2/h3-40H2,1-2H3,(H,43,45)(H,44,46). The monoisotopic (exact) mass is 649 g/mol. The van der Waals surface area contributed by atoms with Gasteiger partial charge in [0.15, 0.2) is 0 Å². The van der Waals surface area contributed by atoms with Crippen LogP contribution in [0.3, 0.4) is 0 Å². The largest absolute Gasteiger partial charge is 0.356 e. The van der Waals surface area contributed by atoms with Crippen molar-refractivity contribution in [2.45, 2.75) is 245 Å². The molecule has 0 atom stereocenters. The van der Waals surface area contributed by atoms with Gasteiger partial charge in [-0.2, -0.15) is 0 Å². The van der Waals surface area contributed by atoms with Crippen molar-refractivity contribution in [3.05, 3.63) is 0 Å². The van der Waals surface area contributed by atoms with E-state index in [1.54, 1.807) is 0 Å². The molecule has 0 spiro atoms. The summed E-state index contributed by atoms with van der Waals surface area (Å²) in [5.74, 6) is 0.527. The predicted molar refractivity (Wildman–Crippen MR) is 204 cm³/mol. The Morgan fingerprint density at radius 2 is 0.478 bits per heavy atom. The smallest absolute Gasteiger partial charge is 0.219 e. The molecule has 0 aromatic carbocycles. The van der Waals surface area contributed by atoms with Crippen molar-refractivity contribution in [1.82, 2.24) is 10.6 Å². The highest BCUT2D eigenvalue weighted by atomic mass is 16.2. The molecular formula is C42H84N2O2. The van der Waals surface area contributed by atoms with Crippen molar-refractivity contribution >= 4 is 11.8 Å². The van der Waals surface area contributed by atoms with E-state index in [1.807, 2.05) is 0 Å². The zero-order valence-electron chi connectivity index (χ0n) is 31.7. The second-order valence-electron chi connectivity index (χ2n) is 14.5. The van der Waals surface area contributed by atoms with Gasteiger partial charge in [-0.3, -0.25) is 9.59 Å². The molecule has 0 heterocycles. The zero-order valence-corrected chi connectivity index (χ0v) is 31.7. The normalized spacial score (nSPS) is 11.3. The van der Waals surface area contributed by atoms with Gasteiger partial charge < -0.3 is 10.6 Å². The van der Waals surface area contributed by atoms with Crippen LogP contribution < -0.4 is 10.6 Å². The van der Waals surface area contributed by atoms with Gasteiger partial charge in [-0.1, -0.05) is 206 Å². The number of carbonyl (C=O) groups excluding carboxylic acids is 2. The highest BCUT2D eigenvalue weighted by Gasteiger charge is 2.02.